The van der Waals surface area contributed by atoms with Gasteiger partial charge in [0.1, 0.15) is 0 Å². The summed E-state index contributed by atoms with van der Waals surface area (Å²) in [7, 11) is -3.52. The number of nitrogens with one attached hydrogen (secondary N) is 1. The summed E-state index contributed by atoms with van der Waals surface area (Å²) in [5, 5.41) is 0. The van der Waals surface area contributed by atoms with E-state index in [-0.39, 0.29) is 23.2 Å². The standard InChI is InChI=1S/C14H19N3O3S.ClH/c1-2-16-21(19,20)11-4-3-10-5-8-17(12(10)9-11)13(18)14(15)6-7-14;/h3-4,9,16H,2,5-8,15H2,1H3;1H. The third-order valence-electron chi connectivity index (χ3n) is 4.06. The van der Waals surface area contributed by atoms with E-state index >= 15 is 0 Å². The van der Waals surface area contributed by atoms with Gasteiger partial charge in [-0.05, 0) is 37.0 Å². The van der Waals surface area contributed by atoms with Crippen LogP contribution in [-0.4, -0.2) is 33.0 Å². The molecule has 0 radical (unpaired) electrons. The first kappa shape index (κ1) is 17.2. The molecule has 1 aliphatic heterocycles. The maximum absolute atomic E-state index is 12.4. The first-order chi connectivity index (χ1) is 9.87. The molecule has 122 valence electrons. The first-order valence-corrected chi connectivity index (χ1v) is 8.59. The van der Waals surface area contributed by atoms with E-state index in [1.54, 1.807) is 30.0 Å². The predicted molar refractivity (Wildman–Crippen MR) is 86.8 cm³/mol. The van der Waals surface area contributed by atoms with E-state index in [1.807, 2.05) is 0 Å². The zero-order chi connectivity index (χ0) is 15.3. The van der Waals surface area contributed by atoms with Gasteiger partial charge in [-0.25, -0.2) is 13.1 Å². The molecule has 1 aromatic carbocycles. The molecule has 1 amide bonds. The lowest BCUT2D eigenvalue weighted by Gasteiger charge is -2.21. The van der Waals surface area contributed by atoms with Crippen LogP contribution in [-0.2, 0) is 21.2 Å². The molecule has 1 saturated carbocycles. The van der Waals surface area contributed by atoms with E-state index in [0.29, 0.717) is 31.6 Å². The highest BCUT2D eigenvalue weighted by atomic mass is 35.5. The van der Waals surface area contributed by atoms with Crippen LogP contribution >= 0.6 is 12.4 Å². The number of rotatable bonds is 4. The van der Waals surface area contributed by atoms with Crippen molar-refractivity contribution in [3.8, 4) is 0 Å². The van der Waals surface area contributed by atoms with Crippen molar-refractivity contribution in [3.63, 3.8) is 0 Å². The summed E-state index contributed by atoms with van der Waals surface area (Å²) in [5.74, 6) is -0.0979. The van der Waals surface area contributed by atoms with Crippen LogP contribution in [0.4, 0.5) is 5.69 Å². The van der Waals surface area contributed by atoms with Gasteiger partial charge in [-0.2, -0.15) is 0 Å². The summed E-state index contributed by atoms with van der Waals surface area (Å²) in [6, 6.07) is 4.94. The summed E-state index contributed by atoms with van der Waals surface area (Å²) in [5.41, 5.74) is 6.90. The Morgan fingerprint density at radius 3 is 2.68 bits per heavy atom. The van der Waals surface area contributed by atoms with Gasteiger partial charge in [-0.15, -0.1) is 12.4 Å². The van der Waals surface area contributed by atoms with Crippen molar-refractivity contribution in [2.75, 3.05) is 18.0 Å². The highest BCUT2D eigenvalue weighted by Gasteiger charge is 2.49. The first-order valence-electron chi connectivity index (χ1n) is 7.11. The number of anilines is 1. The predicted octanol–water partition coefficient (Wildman–Crippen LogP) is 0.787. The van der Waals surface area contributed by atoms with Gasteiger partial charge in [0.05, 0.1) is 10.4 Å². The van der Waals surface area contributed by atoms with Gasteiger partial charge >= 0.3 is 0 Å². The zero-order valence-electron chi connectivity index (χ0n) is 12.3. The molecule has 0 atom stereocenters. The Kier molecular flexibility index (Phi) is 4.54. The second-order valence-corrected chi connectivity index (χ2v) is 7.42. The minimum atomic E-state index is -3.52. The summed E-state index contributed by atoms with van der Waals surface area (Å²) in [6.07, 6.45) is 2.14. The van der Waals surface area contributed by atoms with E-state index in [0.717, 1.165) is 12.0 Å². The molecule has 0 bridgehead atoms. The highest BCUT2D eigenvalue weighted by Crippen LogP contribution is 2.39. The van der Waals surface area contributed by atoms with Gasteiger partial charge in [0, 0.05) is 18.8 Å². The van der Waals surface area contributed by atoms with E-state index in [4.69, 9.17) is 5.73 Å². The quantitative estimate of drug-likeness (QED) is 0.843. The molecule has 1 aromatic rings. The molecule has 3 rings (SSSR count). The maximum atomic E-state index is 12.4. The monoisotopic (exact) mass is 345 g/mol. The molecule has 3 N–H and O–H groups in total. The molecule has 1 fully saturated rings. The number of sulfonamides is 1. The van der Waals surface area contributed by atoms with Crippen LogP contribution in [0.5, 0.6) is 0 Å². The minimum absolute atomic E-state index is 0. The molecule has 2 aliphatic rings. The Balaban J connectivity index is 0.00000176. The van der Waals surface area contributed by atoms with Crippen LogP contribution in [0.25, 0.3) is 0 Å². The van der Waals surface area contributed by atoms with E-state index in [2.05, 4.69) is 4.72 Å². The smallest absolute Gasteiger partial charge is 0.247 e. The number of hydrogen-bond donors (Lipinski definition) is 2. The lowest BCUT2D eigenvalue weighted by Crippen LogP contribution is -2.45. The minimum Gasteiger partial charge on any atom is -0.317 e. The number of carbonyl (C=O) groups is 1. The van der Waals surface area contributed by atoms with E-state index in [1.165, 1.54) is 0 Å². The number of nitrogens with zero attached hydrogens (tertiary/aromatic N) is 1. The molecule has 0 saturated heterocycles. The molecule has 6 nitrogen and oxygen atoms in total. The van der Waals surface area contributed by atoms with Crippen molar-refractivity contribution < 1.29 is 13.2 Å². The summed E-state index contributed by atoms with van der Waals surface area (Å²) in [6.45, 7) is 2.62. The largest absolute Gasteiger partial charge is 0.317 e. The molecule has 22 heavy (non-hydrogen) atoms. The number of hydrogen-bond acceptors (Lipinski definition) is 4. The lowest BCUT2D eigenvalue weighted by molar-refractivity contribution is -0.120. The Morgan fingerprint density at radius 1 is 1.41 bits per heavy atom. The van der Waals surface area contributed by atoms with E-state index < -0.39 is 15.6 Å². The van der Waals surface area contributed by atoms with Crippen LogP contribution in [0.3, 0.4) is 0 Å². The van der Waals surface area contributed by atoms with Crippen LogP contribution in [0.2, 0.25) is 0 Å². The average Bonchev–Trinajstić information content (AvgIpc) is 3.05. The van der Waals surface area contributed by atoms with Crippen LogP contribution in [0.1, 0.15) is 25.3 Å². The Morgan fingerprint density at radius 2 is 2.09 bits per heavy atom. The Hall–Kier alpha value is -1.15. The van der Waals surface area contributed by atoms with Crippen molar-refractivity contribution in [3.05, 3.63) is 23.8 Å². The summed E-state index contributed by atoms with van der Waals surface area (Å²) >= 11 is 0. The molecule has 0 aromatic heterocycles. The fourth-order valence-corrected chi connectivity index (χ4v) is 3.69. The fourth-order valence-electron chi connectivity index (χ4n) is 2.63. The van der Waals surface area contributed by atoms with Crippen molar-refractivity contribution in [1.82, 2.24) is 4.72 Å². The molecular formula is C14H20ClN3O3S. The molecule has 8 heteroatoms. The number of fused-ring (bicyclic) bond motifs is 1. The van der Waals surface area contributed by atoms with Crippen molar-refractivity contribution in [1.29, 1.82) is 0 Å². The number of halogens is 1. The lowest BCUT2D eigenvalue weighted by atomic mass is 10.1. The van der Waals surface area contributed by atoms with Gasteiger partial charge in [0.15, 0.2) is 0 Å². The Labute approximate surface area is 136 Å². The summed E-state index contributed by atoms with van der Waals surface area (Å²) < 4.78 is 26.6. The zero-order valence-corrected chi connectivity index (χ0v) is 14.0. The van der Waals surface area contributed by atoms with Crippen molar-refractivity contribution >= 4 is 34.0 Å². The fraction of sp³-hybridized carbons (Fsp3) is 0.500. The molecule has 1 aliphatic carbocycles. The number of carbonyl (C=O) groups excluding carboxylic acids is 1. The number of amides is 1. The topological polar surface area (TPSA) is 92.5 Å². The second-order valence-electron chi connectivity index (χ2n) is 5.65. The van der Waals surface area contributed by atoms with Crippen LogP contribution in [0, 0.1) is 0 Å². The van der Waals surface area contributed by atoms with Crippen molar-refractivity contribution in [2.45, 2.75) is 36.6 Å². The van der Waals surface area contributed by atoms with Gasteiger partial charge in [-0.3, -0.25) is 4.79 Å². The second kappa shape index (κ2) is 5.81. The third-order valence-corrected chi connectivity index (χ3v) is 5.60. The normalized spacial score (nSPS) is 18.5. The van der Waals surface area contributed by atoms with Gasteiger partial charge in [-0.1, -0.05) is 13.0 Å². The van der Waals surface area contributed by atoms with E-state index in [9.17, 15) is 13.2 Å². The SMILES string of the molecule is CCNS(=O)(=O)c1ccc2c(c1)N(C(=O)C1(N)CC1)CC2.Cl. The molecular weight excluding hydrogens is 326 g/mol. The highest BCUT2D eigenvalue weighted by molar-refractivity contribution is 7.89. The maximum Gasteiger partial charge on any atom is 0.247 e. The number of nitrogens with two attached hydrogens (primary N) is 1. The number of benzene rings is 1. The average molecular weight is 346 g/mol. The Bertz CT molecular complexity index is 701. The summed E-state index contributed by atoms with van der Waals surface area (Å²) in [4.78, 5) is 14.2. The van der Waals surface area contributed by atoms with Crippen LogP contribution in [0.15, 0.2) is 23.1 Å². The van der Waals surface area contributed by atoms with Gasteiger partial charge in [0.2, 0.25) is 15.9 Å². The molecule has 1 heterocycles. The van der Waals surface area contributed by atoms with Crippen molar-refractivity contribution in [2.24, 2.45) is 5.73 Å². The van der Waals surface area contributed by atoms with Crippen LogP contribution < -0.4 is 15.4 Å². The van der Waals surface area contributed by atoms with Gasteiger partial charge in [0.25, 0.3) is 0 Å². The molecule has 0 unspecified atom stereocenters. The van der Waals surface area contributed by atoms with Gasteiger partial charge < -0.3 is 10.6 Å². The third kappa shape index (κ3) is 2.86. The molecule has 0 spiro atoms.